The molecular weight excluding hydrogens is 486 g/mol. The van der Waals surface area contributed by atoms with Crippen LogP contribution >= 0.6 is 0 Å². The van der Waals surface area contributed by atoms with Crippen molar-refractivity contribution in [2.24, 2.45) is 0 Å². The number of nitrogen functional groups attached to an aromatic ring is 1. The second-order valence-corrected chi connectivity index (χ2v) is 7.32. The van der Waals surface area contributed by atoms with E-state index in [-0.39, 0.29) is 0 Å². The Balaban J connectivity index is 1.65. The number of anilines is 1. The third-order valence-electron chi connectivity index (χ3n) is 4.47. The molecule has 0 aliphatic rings. The van der Waals surface area contributed by atoms with E-state index in [1.54, 1.807) is 6.07 Å². The summed E-state index contributed by atoms with van der Waals surface area (Å²) in [5.41, 5.74) is 6.42. The van der Waals surface area contributed by atoms with Gasteiger partial charge in [0.2, 0.25) is 0 Å². The Morgan fingerprint density at radius 3 is 1.16 bits per heavy atom. The molecule has 214 valence electrons. The van der Waals surface area contributed by atoms with Gasteiger partial charge in [0.25, 0.3) is 0 Å². The molecule has 0 radical (unpaired) electrons. The number of hydrogen-bond donors (Lipinski definition) is 1. The molecule has 11 nitrogen and oxygen atoms in total. The van der Waals surface area contributed by atoms with Crippen LogP contribution in [0.25, 0.3) is 0 Å². The highest BCUT2D eigenvalue weighted by Gasteiger charge is 1.98. The van der Waals surface area contributed by atoms with Crippen molar-refractivity contribution in [3.63, 3.8) is 0 Å². The summed E-state index contributed by atoms with van der Waals surface area (Å²) in [6.07, 6.45) is 1.40. The average Bonchev–Trinajstić information content (AvgIpc) is 2.91. The molecule has 0 aromatic heterocycles. The van der Waals surface area contributed by atoms with Crippen LogP contribution in [0.3, 0.4) is 0 Å². The molecule has 1 aromatic carbocycles. The second-order valence-electron chi connectivity index (χ2n) is 7.32. The van der Waals surface area contributed by atoms with Gasteiger partial charge in [-0.2, -0.15) is 0 Å². The number of benzene rings is 1. The molecule has 0 spiro atoms. The van der Waals surface area contributed by atoms with E-state index in [0.29, 0.717) is 130 Å². The highest BCUT2D eigenvalue weighted by Crippen LogP contribution is 2.19. The van der Waals surface area contributed by atoms with E-state index in [1.165, 1.54) is 6.26 Å². The maximum Gasteiger partial charge on any atom is 0.142 e. The van der Waals surface area contributed by atoms with Gasteiger partial charge < -0.3 is 53.1 Å². The summed E-state index contributed by atoms with van der Waals surface area (Å²) < 4.78 is 53.9. The number of nitrogens with two attached hydrogens (primary N) is 1. The summed E-state index contributed by atoms with van der Waals surface area (Å²) in [5, 5.41) is 0. The normalized spacial score (nSPS) is 11.0. The highest BCUT2D eigenvalue weighted by atomic mass is 16.6. The minimum absolute atomic E-state index is 0.441. The summed E-state index contributed by atoms with van der Waals surface area (Å²) in [5.74, 6) is 0.670. The lowest BCUT2D eigenvalue weighted by molar-refractivity contribution is -0.0243. The summed E-state index contributed by atoms with van der Waals surface area (Å²) >= 11 is 0. The fraction of sp³-hybridized carbons (Fsp3) is 0.692. The largest absolute Gasteiger partial charge is 0.499 e. The van der Waals surface area contributed by atoms with Gasteiger partial charge in [-0.1, -0.05) is 18.7 Å². The van der Waals surface area contributed by atoms with Gasteiger partial charge in [0.15, 0.2) is 0 Å². The lowest BCUT2D eigenvalue weighted by Gasteiger charge is -2.09. The molecule has 0 saturated heterocycles. The summed E-state index contributed by atoms with van der Waals surface area (Å²) in [7, 11) is 0. The average molecular weight is 532 g/mol. The molecule has 2 N–H and O–H groups in total. The van der Waals surface area contributed by atoms with E-state index in [0.717, 1.165) is 0 Å². The van der Waals surface area contributed by atoms with E-state index in [2.05, 4.69) is 6.58 Å². The van der Waals surface area contributed by atoms with Crippen molar-refractivity contribution in [2.45, 2.75) is 0 Å². The Hall–Kier alpha value is -1.96. The lowest BCUT2D eigenvalue weighted by atomic mass is 10.3. The molecule has 37 heavy (non-hydrogen) atoms. The smallest absolute Gasteiger partial charge is 0.142 e. The molecule has 11 heteroatoms. The molecule has 0 aliphatic carbocycles. The van der Waals surface area contributed by atoms with Gasteiger partial charge in [0, 0.05) is 0 Å². The first-order valence-electron chi connectivity index (χ1n) is 12.7. The first kappa shape index (κ1) is 33.1. The lowest BCUT2D eigenvalue weighted by Crippen LogP contribution is -2.15. The van der Waals surface area contributed by atoms with Crippen molar-refractivity contribution in [3.05, 3.63) is 37.1 Å². The Morgan fingerprint density at radius 2 is 0.811 bits per heavy atom. The van der Waals surface area contributed by atoms with Crippen molar-refractivity contribution >= 4 is 5.69 Å². The van der Waals surface area contributed by atoms with Gasteiger partial charge in [0.1, 0.15) is 19.0 Å². The molecular formula is C26H45NO10. The van der Waals surface area contributed by atoms with Crippen LogP contribution in [0, 0.1) is 0 Å². The SMILES string of the molecule is C=COCCOCCOCCOCCOCCOCCOCCOCCOCCOc1ccccc1N. The minimum atomic E-state index is 0.441. The van der Waals surface area contributed by atoms with Gasteiger partial charge in [-0.05, 0) is 12.1 Å². The number of ether oxygens (including phenoxy) is 10. The molecule has 0 bridgehead atoms. The van der Waals surface area contributed by atoms with Gasteiger partial charge >= 0.3 is 0 Å². The number of hydrogen-bond acceptors (Lipinski definition) is 11. The van der Waals surface area contributed by atoms with E-state index in [1.807, 2.05) is 18.2 Å². The molecule has 0 unspecified atom stereocenters. The zero-order valence-electron chi connectivity index (χ0n) is 22.0. The predicted molar refractivity (Wildman–Crippen MR) is 139 cm³/mol. The molecule has 0 fully saturated rings. The number of rotatable bonds is 29. The third-order valence-corrected chi connectivity index (χ3v) is 4.47. The third kappa shape index (κ3) is 22.9. The standard InChI is InChI=1S/C26H45NO10/c1-2-28-7-8-29-9-10-30-11-12-31-13-14-32-15-16-33-17-18-34-19-20-35-21-22-36-23-24-37-26-6-4-3-5-25(26)27/h2-6H,1,7-24,27H2. The molecule has 0 heterocycles. The quantitative estimate of drug-likeness (QED) is 0.0928. The fourth-order valence-electron chi connectivity index (χ4n) is 2.65. The molecule has 0 saturated carbocycles. The van der Waals surface area contributed by atoms with E-state index in [4.69, 9.17) is 53.1 Å². The van der Waals surface area contributed by atoms with Crippen LogP contribution < -0.4 is 10.5 Å². The van der Waals surface area contributed by atoms with Gasteiger partial charge in [-0.15, -0.1) is 0 Å². The Morgan fingerprint density at radius 1 is 0.486 bits per heavy atom. The van der Waals surface area contributed by atoms with Crippen LogP contribution in [0.1, 0.15) is 0 Å². The fourth-order valence-corrected chi connectivity index (χ4v) is 2.65. The molecule has 0 aliphatic heterocycles. The van der Waals surface area contributed by atoms with Crippen molar-refractivity contribution in [3.8, 4) is 5.75 Å². The first-order chi connectivity index (χ1) is 18.3. The van der Waals surface area contributed by atoms with Crippen LogP contribution in [-0.2, 0) is 42.6 Å². The molecule has 0 atom stereocenters. The van der Waals surface area contributed by atoms with Crippen molar-refractivity contribution in [2.75, 3.05) is 125 Å². The topological polar surface area (TPSA) is 118 Å². The Kier molecular flexibility index (Phi) is 24.2. The second kappa shape index (κ2) is 27.1. The molecule has 1 aromatic rings. The Bertz CT molecular complexity index is 623. The van der Waals surface area contributed by atoms with Gasteiger partial charge in [0.05, 0.1) is 118 Å². The van der Waals surface area contributed by atoms with Crippen molar-refractivity contribution in [1.29, 1.82) is 0 Å². The summed E-state index contributed by atoms with van der Waals surface area (Å²) in [6, 6.07) is 7.38. The Labute approximate surface area is 221 Å². The molecule has 0 amide bonds. The summed E-state index contributed by atoms with van der Waals surface area (Å²) in [4.78, 5) is 0. The monoisotopic (exact) mass is 531 g/mol. The van der Waals surface area contributed by atoms with E-state index < -0.39 is 0 Å². The zero-order chi connectivity index (χ0) is 26.5. The van der Waals surface area contributed by atoms with Crippen LogP contribution in [0.15, 0.2) is 37.1 Å². The predicted octanol–water partition coefficient (Wildman–Crippen LogP) is 1.94. The van der Waals surface area contributed by atoms with E-state index in [9.17, 15) is 0 Å². The van der Waals surface area contributed by atoms with Gasteiger partial charge in [-0.25, -0.2) is 0 Å². The maximum absolute atomic E-state index is 5.80. The van der Waals surface area contributed by atoms with Crippen LogP contribution in [0.4, 0.5) is 5.69 Å². The summed E-state index contributed by atoms with van der Waals surface area (Å²) in [6.45, 7) is 12.6. The highest BCUT2D eigenvalue weighted by molar-refractivity contribution is 5.51. The van der Waals surface area contributed by atoms with E-state index >= 15 is 0 Å². The van der Waals surface area contributed by atoms with Crippen molar-refractivity contribution in [1.82, 2.24) is 0 Å². The van der Waals surface area contributed by atoms with Crippen LogP contribution in [0.2, 0.25) is 0 Å². The van der Waals surface area contributed by atoms with Crippen LogP contribution in [-0.4, -0.2) is 119 Å². The first-order valence-corrected chi connectivity index (χ1v) is 12.7. The minimum Gasteiger partial charge on any atom is -0.499 e. The molecule has 1 rings (SSSR count). The zero-order valence-corrected chi connectivity index (χ0v) is 22.0. The van der Waals surface area contributed by atoms with Crippen LogP contribution in [0.5, 0.6) is 5.75 Å². The maximum atomic E-state index is 5.80. The van der Waals surface area contributed by atoms with Gasteiger partial charge in [-0.3, -0.25) is 0 Å². The number of para-hydroxylation sites is 2. The van der Waals surface area contributed by atoms with Crippen molar-refractivity contribution < 1.29 is 47.4 Å².